The number of piperidine rings is 1. The molecule has 35 heavy (non-hydrogen) atoms. The number of nitrogens with two attached hydrogens (primary N) is 1. The number of aryl methyl sites for hydroxylation is 2. The Labute approximate surface area is 207 Å². The molecule has 0 bridgehead atoms. The zero-order valence-corrected chi connectivity index (χ0v) is 21.4. The molecule has 0 aliphatic carbocycles. The van der Waals surface area contributed by atoms with Crippen LogP contribution in [0.3, 0.4) is 0 Å². The van der Waals surface area contributed by atoms with Crippen molar-refractivity contribution in [3.05, 3.63) is 47.0 Å². The van der Waals surface area contributed by atoms with Gasteiger partial charge in [0.1, 0.15) is 0 Å². The van der Waals surface area contributed by atoms with Crippen LogP contribution in [0.1, 0.15) is 43.4 Å². The lowest BCUT2D eigenvalue weighted by Gasteiger charge is -2.37. The largest absolute Gasteiger partial charge is 0.416 e. The van der Waals surface area contributed by atoms with Gasteiger partial charge in [0.2, 0.25) is 0 Å². The SMILES string of the molecule is Cc1cc(N2CC(C)CC(C)C2)ccc1Nc1c(C)cc(C(F)(F)F)cc1NCCCNCCN. The molecule has 0 aromatic heterocycles. The molecule has 3 rings (SSSR count). The van der Waals surface area contributed by atoms with E-state index in [1.54, 1.807) is 6.92 Å². The molecule has 1 aliphatic rings. The molecule has 5 N–H and O–H groups in total. The molecule has 0 radical (unpaired) electrons. The summed E-state index contributed by atoms with van der Waals surface area (Å²) in [5.74, 6) is 1.32. The summed E-state index contributed by atoms with van der Waals surface area (Å²) in [4.78, 5) is 2.44. The third-order valence-corrected chi connectivity index (χ3v) is 6.53. The van der Waals surface area contributed by atoms with Gasteiger partial charge in [0.15, 0.2) is 0 Å². The Bertz CT molecular complexity index is 966. The summed E-state index contributed by atoms with van der Waals surface area (Å²) < 4.78 is 40.5. The van der Waals surface area contributed by atoms with E-state index >= 15 is 0 Å². The fourth-order valence-electron chi connectivity index (χ4n) is 4.91. The lowest BCUT2D eigenvalue weighted by atomic mass is 9.91. The van der Waals surface area contributed by atoms with Crippen LogP contribution >= 0.6 is 0 Å². The van der Waals surface area contributed by atoms with E-state index in [1.165, 1.54) is 24.2 Å². The topological polar surface area (TPSA) is 65.3 Å². The molecule has 2 atom stereocenters. The van der Waals surface area contributed by atoms with Crippen molar-refractivity contribution in [2.24, 2.45) is 17.6 Å². The Balaban J connectivity index is 1.81. The van der Waals surface area contributed by atoms with Crippen LogP contribution in [0.5, 0.6) is 0 Å². The standard InChI is InChI=1S/C27H40F3N5/c1-18-12-19(2)17-35(16-18)23-6-7-24(20(3)14-23)34-26-21(4)13-22(27(28,29)30)15-25(26)33-10-5-9-32-11-8-31/h6-7,13-15,18-19,32-34H,5,8-12,16-17,31H2,1-4H3. The Hall–Kier alpha value is -2.45. The summed E-state index contributed by atoms with van der Waals surface area (Å²) in [5, 5.41) is 9.83. The van der Waals surface area contributed by atoms with Crippen LogP contribution in [0.4, 0.5) is 35.9 Å². The van der Waals surface area contributed by atoms with E-state index in [-0.39, 0.29) is 0 Å². The van der Waals surface area contributed by atoms with Crippen molar-refractivity contribution in [3.63, 3.8) is 0 Å². The van der Waals surface area contributed by atoms with Gasteiger partial charge in [-0.25, -0.2) is 0 Å². The normalized spacial score (nSPS) is 18.6. The minimum absolute atomic E-state index is 0.457. The summed E-state index contributed by atoms with van der Waals surface area (Å²) >= 11 is 0. The van der Waals surface area contributed by atoms with E-state index in [0.29, 0.717) is 41.9 Å². The zero-order chi connectivity index (χ0) is 25.6. The average molecular weight is 492 g/mol. The molecule has 1 saturated heterocycles. The van der Waals surface area contributed by atoms with Crippen LogP contribution < -0.4 is 26.6 Å². The van der Waals surface area contributed by atoms with Gasteiger partial charge in [-0.1, -0.05) is 13.8 Å². The third-order valence-electron chi connectivity index (χ3n) is 6.53. The number of alkyl halides is 3. The molecule has 2 aromatic carbocycles. The summed E-state index contributed by atoms with van der Waals surface area (Å²) in [6.07, 6.45) is -2.38. The number of nitrogens with zero attached hydrogens (tertiary/aromatic N) is 1. The summed E-state index contributed by atoms with van der Waals surface area (Å²) in [7, 11) is 0. The predicted octanol–water partition coefficient (Wildman–Crippen LogP) is 5.90. The van der Waals surface area contributed by atoms with Gasteiger partial charge in [-0.05, 0) is 86.5 Å². The highest BCUT2D eigenvalue weighted by atomic mass is 19.4. The Morgan fingerprint density at radius 3 is 2.29 bits per heavy atom. The minimum Gasteiger partial charge on any atom is -0.383 e. The Morgan fingerprint density at radius 1 is 0.943 bits per heavy atom. The number of rotatable bonds is 10. The van der Waals surface area contributed by atoms with Crippen molar-refractivity contribution in [1.29, 1.82) is 0 Å². The number of halogens is 3. The van der Waals surface area contributed by atoms with E-state index < -0.39 is 11.7 Å². The first kappa shape index (κ1) is 27.1. The van der Waals surface area contributed by atoms with Crippen molar-refractivity contribution < 1.29 is 13.2 Å². The fourth-order valence-corrected chi connectivity index (χ4v) is 4.91. The first-order valence-corrected chi connectivity index (χ1v) is 12.6. The van der Waals surface area contributed by atoms with Gasteiger partial charge in [0, 0.05) is 44.1 Å². The van der Waals surface area contributed by atoms with Gasteiger partial charge in [0.25, 0.3) is 0 Å². The minimum atomic E-state index is -4.40. The van der Waals surface area contributed by atoms with Crippen LogP contribution in [-0.2, 0) is 6.18 Å². The quantitative estimate of drug-likeness (QED) is 0.312. The molecule has 0 spiro atoms. The van der Waals surface area contributed by atoms with E-state index in [0.717, 1.165) is 43.9 Å². The molecule has 5 nitrogen and oxygen atoms in total. The molecule has 2 aromatic rings. The summed E-state index contributed by atoms with van der Waals surface area (Å²) in [6, 6.07) is 8.71. The van der Waals surface area contributed by atoms with Crippen LogP contribution in [0.15, 0.2) is 30.3 Å². The second-order valence-corrected chi connectivity index (χ2v) is 10.0. The van der Waals surface area contributed by atoms with Gasteiger partial charge < -0.3 is 26.6 Å². The second-order valence-electron chi connectivity index (χ2n) is 10.0. The fraction of sp³-hybridized carbons (Fsp3) is 0.556. The van der Waals surface area contributed by atoms with Crippen molar-refractivity contribution in [1.82, 2.24) is 5.32 Å². The maximum Gasteiger partial charge on any atom is 0.416 e. The van der Waals surface area contributed by atoms with Crippen molar-refractivity contribution in [3.8, 4) is 0 Å². The molecule has 0 saturated carbocycles. The molecular formula is C27H40F3N5. The predicted molar refractivity (Wildman–Crippen MR) is 141 cm³/mol. The van der Waals surface area contributed by atoms with Gasteiger partial charge in [-0.2, -0.15) is 13.2 Å². The van der Waals surface area contributed by atoms with Crippen LogP contribution in [0.25, 0.3) is 0 Å². The monoisotopic (exact) mass is 491 g/mol. The lowest BCUT2D eigenvalue weighted by Crippen LogP contribution is -2.38. The number of hydrogen-bond acceptors (Lipinski definition) is 5. The van der Waals surface area contributed by atoms with E-state index in [9.17, 15) is 13.2 Å². The first-order valence-electron chi connectivity index (χ1n) is 12.6. The van der Waals surface area contributed by atoms with Crippen molar-refractivity contribution in [2.75, 3.05) is 54.8 Å². The maximum atomic E-state index is 13.5. The Kier molecular flexibility index (Phi) is 9.30. The molecule has 8 heteroatoms. The smallest absolute Gasteiger partial charge is 0.383 e. The Morgan fingerprint density at radius 2 is 1.66 bits per heavy atom. The first-order chi connectivity index (χ1) is 16.6. The highest BCUT2D eigenvalue weighted by Gasteiger charge is 2.32. The molecule has 194 valence electrons. The van der Waals surface area contributed by atoms with E-state index in [1.807, 2.05) is 13.0 Å². The molecule has 0 amide bonds. The average Bonchev–Trinajstić information content (AvgIpc) is 2.77. The van der Waals surface area contributed by atoms with Gasteiger partial charge in [-0.15, -0.1) is 0 Å². The highest BCUT2D eigenvalue weighted by molar-refractivity contribution is 5.80. The van der Waals surface area contributed by atoms with Crippen LogP contribution in [0, 0.1) is 25.7 Å². The molecule has 1 heterocycles. The molecule has 2 unspecified atom stereocenters. The summed E-state index contributed by atoms with van der Waals surface area (Å²) in [6.45, 7) is 13.0. The van der Waals surface area contributed by atoms with Crippen molar-refractivity contribution >= 4 is 22.7 Å². The van der Waals surface area contributed by atoms with E-state index in [2.05, 4.69) is 46.8 Å². The second kappa shape index (κ2) is 12.0. The van der Waals surface area contributed by atoms with Gasteiger partial charge >= 0.3 is 6.18 Å². The summed E-state index contributed by atoms with van der Waals surface area (Å²) in [5.41, 5.74) is 9.65. The van der Waals surface area contributed by atoms with Gasteiger partial charge in [-0.3, -0.25) is 0 Å². The van der Waals surface area contributed by atoms with E-state index in [4.69, 9.17) is 5.73 Å². The number of hydrogen-bond donors (Lipinski definition) is 4. The third kappa shape index (κ3) is 7.51. The molecule has 1 fully saturated rings. The zero-order valence-electron chi connectivity index (χ0n) is 21.4. The number of nitrogens with one attached hydrogen (secondary N) is 3. The lowest BCUT2D eigenvalue weighted by molar-refractivity contribution is -0.137. The number of anilines is 4. The van der Waals surface area contributed by atoms with Crippen molar-refractivity contribution in [2.45, 2.75) is 46.7 Å². The molecule has 1 aliphatic heterocycles. The molecular weight excluding hydrogens is 451 g/mol. The number of benzene rings is 2. The van der Waals surface area contributed by atoms with Crippen LogP contribution in [0.2, 0.25) is 0 Å². The van der Waals surface area contributed by atoms with Crippen LogP contribution in [-0.4, -0.2) is 39.3 Å². The van der Waals surface area contributed by atoms with Gasteiger partial charge in [0.05, 0.1) is 16.9 Å². The highest BCUT2D eigenvalue weighted by Crippen LogP contribution is 2.38. The maximum absolute atomic E-state index is 13.5.